The number of aliphatic hydroxyl groups excluding tert-OH is 2. The van der Waals surface area contributed by atoms with Crippen LogP contribution in [0.4, 0.5) is 5.69 Å². The van der Waals surface area contributed by atoms with E-state index >= 15 is 0 Å². The van der Waals surface area contributed by atoms with Crippen molar-refractivity contribution < 1.29 is 34.5 Å². The van der Waals surface area contributed by atoms with Crippen LogP contribution >= 0.6 is 0 Å². The number of rotatable bonds is 10. The fourth-order valence-corrected chi connectivity index (χ4v) is 6.42. The van der Waals surface area contributed by atoms with Crippen molar-refractivity contribution in [3.05, 3.63) is 47.5 Å². The molecule has 1 aliphatic carbocycles. The Bertz CT molecular complexity index is 1270. The first kappa shape index (κ1) is 31.7. The number of benzene rings is 2. The molecule has 42 heavy (non-hydrogen) atoms. The number of nitrogens with zero attached hydrogens (tertiary/aromatic N) is 2. The number of carbonyl (C=O) groups is 2. The summed E-state index contributed by atoms with van der Waals surface area (Å²) >= 11 is 0. The number of methoxy groups -OCH3 is 1. The van der Waals surface area contributed by atoms with Crippen LogP contribution in [0.2, 0.25) is 0 Å². The van der Waals surface area contributed by atoms with Gasteiger partial charge in [-0.2, -0.15) is 5.06 Å². The van der Waals surface area contributed by atoms with Crippen LogP contribution < -0.4 is 15.0 Å². The third-order valence-electron chi connectivity index (χ3n) is 9.03. The van der Waals surface area contributed by atoms with Gasteiger partial charge in [-0.15, -0.1) is 0 Å². The Morgan fingerprint density at radius 1 is 1.19 bits per heavy atom. The van der Waals surface area contributed by atoms with Gasteiger partial charge in [0.2, 0.25) is 5.91 Å². The number of carboxylic acids is 1. The molecular formula is C32H45N3O7. The smallest absolute Gasteiger partial charge is 0.335 e. The normalized spacial score (nSPS) is 27.0. The van der Waals surface area contributed by atoms with Crippen molar-refractivity contribution in [3.8, 4) is 16.9 Å². The highest BCUT2D eigenvalue weighted by Gasteiger charge is 2.50. The molecule has 0 bridgehead atoms. The van der Waals surface area contributed by atoms with E-state index in [4.69, 9.17) is 9.57 Å². The molecule has 0 spiro atoms. The predicted molar refractivity (Wildman–Crippen MR) is 160 cm³/mol. The van der Waals surface area contributed by atoms with Gasteiger partial charge in [-0.05, 0) is 48.9 Å². The molecule has 0 unspecified atom stereocenters. The number of carbonyl (C=O) groups excluding carboxylic acids is 1. The minimum atomic E-state index is -1.03. The molecule has 1 saturated heterocycles. The minimum absolute atomic E-state index is 0.0243. The molecule has 1 amide bonds. The van der Waals surface area contributed by atoms with E-state index in [1.165, 1.54) is 0 Å². The van der Waals surface area contributed by atoms with Crippen molar-refractivity contribution in [2.45, 2.75) is 70.9 Å². The lowest BCUT2D eigenvalue weighted by molar-refractivity contribution is -0.182. The van der Waals surface area contributed by atoms with Crippen LogP contribution in [0.5, 0.6) is 5.75 Å². The molecule has 7 atom stereocenters. The van der Waals surface area contributed by atoms with Crippen molar-refractivity contribution in [1.29, 1.82) is 0 Å². The SMILES string of the molecule is COc1c(CN2O[C@@H](CO)[C@H]([C@H](C)O)[C@H]2C(=O)N[C@H]2CCC[C@@H](C)[C@@H]2C)cccc1-c1cc(C(=O)O)cc(N(C)C)c1. The molecule has 2 fully saturated rings. The van der Waals surface area contributed by atoms with Crippen molar-refractivity contribution in [3.63, 3.8) is 0 Å². The van der Waals surface area contributed by atoms with Crippen molar-refractivity contribution >= 4 is 17.6 Å². The summed E-state index contributed by atoms with van der Waals surface area (Å²) in [4.78, 5) is 33.7. The molecule has 230 valence electrons. The molecule has 4 N–H and O–H groups in total. The fourth-order valence-electron chi connectivity index (χ4n) is 6.42. The molecule has 4 rings (SSSR count). The topological polar surface area (TPSA) is 132 Å². The number of carboxylic acid groups (broad SMARTS) is 1. The second-order valence-electron chi connectivity index (χ2n) is 12.0. The Labute approximate surface area is 248 Å². The lowest BCUT2D eigenvalue weighted by Gasteiger charge is -2.36. The highest BCUT2D eigenvalue weighted by Crippen LogP contribution is 2.39. The van der Waals surface area contributed by atoms with E-state index in [9.17, 15) is 24.9 Å². The van der Waals surface area contributed by atoms with Gasteiger partial charge in [0.15, 0.2) is 0 Å². The first-order valence-corrected chi connectivity index (χ1v) is 14.7. The Hall–Kier alpha value is -3.18. The van der Waals surface area contributed by atoms with Gasteiger partial charge in [0, 0.05) is 42.9 Å². The molecule has 2 aromatic carbocycles. The number of aromatic carboxylic acids is 1. The van der Waals surface area contributed by atoms with Gasteiger partial charge in [0.05, 0.1) is 31.9 Å². The molecule has 0 radical (unpaired) electrons. The summed E-state index contributed by atoms with van der Waals surface area (Å²) < 4.78 is 5.87. The summed E-state index contributed by atoms with van der Waals surface area (Å²) in [5.41, 5.74) is 2.96. The van der Waals surface area contributed by atoms with Crippen LogP contribution in [-0.2, 0) is 16.2 Å². The summed E-state index contributed by atoms with van der Waals surface area (Å²) in [6.45, 7) is 5.79. The highest BCUT2D eigenvalue weighted by molar-refractivity contribution is 5.92. The second-order valence-corrected chi connectivity index (χ2v) is 12.0. The van der Waals surface area contributed by atoms with E-state index < -0.39 is 30.1 Å². The number of hydroxylamine groups is 2. The zero-order valence-electron chi connectivity index (χ0n) is 25.4. The standard InChI is InChI=1S/C32H45N3O7/c1-18-9-7-12-26(19(18)2)33-31(38)29-28(20(3)37)27(17-36)42-35(29)16-21-10-8-11-25(30(21)41-6)22-13-23(32(39)40)15-24(14-22)34(4)5/h8,10-11,13-15,18-20,26-29,36-37H,7,9,12,16-17H2,1-6H3,(H,33,38)(H,39,40)/t18-,19+,20+,26+,27+,28+,29+/m1/s1. The predicted octanol–water partition coefficient (Wildman–Crippen LogP) is 3.54. The van der Waals surface area contributed by atoms with Gasteiger partial charge in [0.1, 0.15) is 17.9 Å². The molecule has 10 heteroatoms. The molecule has 0 aromatic heterocycles. The Morgan fingerprint density at radius 3 is 2.55 bits per heavy atom. The first-order valence-electron chi connectivity index (χ1n) is 14.7. The van der Waals surface area contributed by atoms with Gasteiger partial charge in [-0.25, -0.2) is 4.79 Å². The van der Waals surface area contributed by atoms with Crippen LogP contribution in [0.1, 0.15) is 56.0 Å². The third kappa shape index (κ3) is 6.57. The van der Waals surface area contributed by atoms with Crippen LogP contribution in [-0.4, -0.2) is 84.4 Å². The second kappa shape index (κ2) is 13.4. The maximum atomic E-state index is 13.9. The summed E-state index contributed by atoms with van der Waals surface area (Å²) in [7, 11) is 5.24. The van der Waals surface area contributed by atoms with Crippen molar-refractivity contribution in [2.75, 3.05) is 32.7 Å². The Kier molecular flexibility index (Phi) is 10.1. The van der Waals surface area contributed by atoms with Crippen LogP contribution in [0.15, 0.2) is 36.4 Å². The highest BCUT2D eigenvalue weighted by atomic mass is 16.7. The van der Waals surface area contributed by atoms with Crippen molar-refractivity contribution in [2.24, 2.45) is 17.8 Å². The van der Waals surface area contributed by atoms with Crippen LogP contribution in [0.3, 0.4) is 0 Å². The van der Waals surface area contributed by atoms with E-state index in [1.54, 1.807) is 31.2 Å². The van der Waals surface area contributed by atoms with E-state index in [2.05, 4.69) is 19.2 Å². The molecular weight excluding hydrogens is 538 g/mol. The minimum Gasteiger partial charge on any atom is -0.496 e. The summed E-state index contributed by atoms with van der Waals surface area (Å²) in [5.74, 6) is -0.573. The summed E-state index contributed by atoms with van der Waals surface area (Å²) in [6, 6.07) is 9.88. The number of anilines is 1. The molecule has 2 aromatic rings. The van der Waals surface area contributed by atoms with Crippen LogP contribution in [0, 0.1) is 17.8 Å². The number of nitrogens with one attached hydrogen (secondary N) is 1. The van der Waals surface area contributed by atoms with E-state index in [0.29, 0.717) is 34.3 Å². The summed E-state index contributed by atoms with van der Waals surface area (Å²) in [5, 5.41) is 35.4. The first-order chi connectivity index (χ1) is 20.0. The Morgan fingerprint density at radius 2 is 1.93 bits per heavy atom. The quantitative estimate of drug-likeness (QED) is 0.332. The largest absolute Gasteiger partial charge is 0.496 e. The monoisotopic (exact) mass is 583 g/mol. The van der Waals surface area contributed by atoms with Gasteiger partial charge >= 0.3 is 5.97 Å². The van der Waals surface area contributed by atoms with Crippen molar-refractivity contribution in [1.82, 2.24) is 10.4 Å². The van der Waals surface area contributed by atoms with Gasteiger partial charge < -0.3 is 30.3 Å². The Balaban J connectivity index is 1.70. The van der Waals surface area contributed by atoms with E-state index in [1.807, 2.05) is 43.3 Å². The van der Waals surface area contributed by atoms with Gasteiger partial charge in [-0.3, -0.25) is 9.63 Å². The van der Waals surface area contributed by atoms with Gasteiger partial charge in [0.25, 0.3) is 0 Å². The molecule has 1 aliphatic heterocycles. The maximum Gasteiger partial charge on any atom is 0.335 e. The number of hydrogen-bond acceptors (Lipinski definition) is 8. The van der Waals surface area contributed by atoms with Crippen LogP contribution in [0.25, 0.3) is 11.1 Å². The lowest BCUT2D eigenvalue weighted by Crippen LogP contribution is -2.53. The van der Waals surface area contributed by atoms with E-state index in [0.717, 1.165) is 24.9 Å². The maximum absolute atomic E-state index is 13.9. The number of hydrogen-bond donors (Lipinski definition) is 4. The lowest BCUT2D eigenvalue weighted by atomic mass is 9.77. The average molecular weight is 584 g/mol. The molecule has 10 nitrogen and oxygen atoms in total. The third-order valence-corrected chi connectivity index (χ3v) is 9.03. The average Bonchev–Trinajstić information content (AvgIpc) is 3.33. The number of ether oxygens (including phenoxy) is 1. The van der Waals surface area contributed by atoms with Gasteiger partial charge in [-0.1, -0.05) is 44.9 Å². The number of aliphatic hydroxyl groups is 2. The van der Waals surface area contributed by atoms with E-state index in [-0.39, 0.29) is 30.7 Å². The molecule has 2 aliphatic rings. The fraction of sp³-hybridized carbons (Fsp3) is 0.562. The summed E-state index contributed by atoms with van der Waals surface area (Å²) in [6.07, 6.45) is 1.42. The molecule has 1 saturated carbocycles. The zero-order chi connectivity index (χ0) is 30.7. The number of para-hydroxylation sites is 1. The zero-order valence-corrected chi connectivity index (χ0v) is 25.4. The molecule has 1 heterocycles. The number of amides is 1.